The van der Waals surface area contributed by atoms with Gasteiger partial charge in [-0.3, -0.25) is 0 Å². The highest BCUT2D eigenvalue weighted by atomic mass is 35.5. The molecule has 110 valence electrons. The Bertz CT molecular complexity index is 629. The molecule has 4 N–H and O–H groups in total. The highest BCUT2D eigenvalue weighted by Gasteiger charge is 2.04. The average Bonchev–Trinajstić information content (AvgIpc) is 2.46. The summed E-state index contributed by atoms with van der Waals surface area (Å²) in [6, 6.07) is 12.1. The molecule has 6 heteroatoms. The van der Waals surface area contributed by atoms with E-state index in [-0.39, 0.29) is 0 Å². The van der Waals surface area contributed by atoms with Crippen molar-refractivity contribution in [3.63, 3.8) is 0 Å². The highest BCUT2D eigenvalue weighted by molar-refractivity contribution is 6.30. The van der Waals surface area contributed by atoms with E-state index in [9.17, 15) is 4.79 Å². The lowest BCUT2D eigenvalue weighted by Crippen LogP contribution is -2.19. The molecule has 2 rings (SSSR count). The molecule has 0 aliphatic heterocycles. The first-order valence-corrected chi connectivity index (χ1v) is 6.69. The number of nitrogens with two attached hydrogens (primary N) is 1. The molecule has 5 nitrogen and oxygen atoms in total. The Morgan fingerprint density at radius 1 is 1.19 bits per heavy atom. The molecule has 21 heavy (non-hydrogen) atoms. The molecule has 0 radical (unpaired) electrons. The van der Waals surface area contributed by atoms with Gasteiger partial charge in [-0.05, 0) is 42.5 Å². The molecule has 0 saturated heterocycles. The van der Waals surface area contributed by atoms with E-state index in [0.717, 1.165) is 17.0 Å². The summed E-state index contributed by atoms with van der Waals surface area (Å²) in [5.41, 5.74) is 7.57. The molecule has 2 amide bonds. The largest absolute Gasteiger partial charge is 0.496 e. The number of ether oxygens (including phenoxy) is 1. The van der Waals surface area contributed by atoms with E-state index in [1.807, 2.05) is 24.3 Å². The van der Waals surface area contributed by atoms with Crippen LogP contribution in [0.15, 0.2) is 42.5 Å². The van der Waals surface area contributed by atoms with E-state index in [4.69, 9.17) is 22.1 Å². The second kappa shape index (κ2) is 6.85. The molecule has 0 unspecified atom stereocenters. The molecule has 0 spiro atoms. The van der Waals surface area contributed by atoms with E-state index in [2.05, 4.69) is 10.6 Å². The van der Waals surface area contributed by atoms with E-state index < -0.39 is 6.03 Å². The van der Waals surface area contributed by atoms with Crippen LogP contribution in [0.2, 0.25) is 5.02 Å². The van der Waals surface area contributed by atoms with Gasteiger partial charge in [0.05, 0.1) is 7.11 Å². The zero-order chi connectivity index (χ0) is 15.2. The zero-order valence-corrected chi connectivity index (χ0v) is 12.3. The number of urea groups is 1. The fourth-order valence-electron chi connectivity index (χ4n) is 1.90. The standard InChI is InChI=1S/C15H16ClN3O2/c1-21-14-7-2-11(16)8-10(14)9-18-12-3-5-13(6-4-12)19-15(17)20/h2-8,18H,9H2,1H3,(H3,17,19,20). The number of halogens is 1. The number of methoxy groups -OCH3 is 1. The summed E-state index contributed by atoms with van der Waals surface area (Å²) in [6.45, 7) is 0.576. The van der Waals surface area contributed by atoms with Crippen LogP contribution < -0.4 is 21.1 Å². The van der Waals surface area contributed by atoms with Gasteiger partial charge in [0.15, 0.2) is 0 Å². The Labute approximate surface area is 128 Å². The fraction of sp³-hybridized carbons (Fsp3) is 0.133. The molecule has 0 fully saturated rings. The fourth-order valence-corrected chi connectivity index (χ4v) is 2.09. The zero-order valence-electron chi connectivity index (χ0n) is 11.5. The summed E-state index contributed by atoms with van der Waals surface area (Å²) in [5.74, 6) is 0.777. The summed E-state index contributed by atoms with van der Waals surface area (Å²) >= 11 is 5.99. The quantitative estimate of drug-likeness (QED) is 0.792. The second-order valence-corrected chi connectivity index (χ2v) is 4.81. The average molecular weight is 306 g/mol. The van der Waals surface area contributed by atoms with Gasteiger partial charge in [0, 0.05) is 28.5 Å². The van der Waals surface area contributed by atoms with Crippen LogP contribution in [0.3, 0.4) is 0 Å². The smallest absolute Gasteiger partial charge is 0.316 e. The Hall–Kier alpha value is -2.40. The molecule has 0 aliphatic rings. The molecule has 0 aromatic heterocycles. The van der Waals surface area contributed by atoms with Gasteiger partial charge in [0.2, 0.25) is 0 Å². The van der Waals surface area contributed by atoms with Crippen LogP contribution in [-0.4, -0.2) is 13.1 Å². The van der Waals surface area contributed by atoms with Crippen LogP contribution in [0.1, 0.15) is 5.56 Å². The molecular formula is C15H16ClN3O2. The van der Waals surface area contributed by atoms with E-state index in [0.29, 0.717) is 17.3 Å². The van der Waals surface area contributed by atoms with E-state index in [1.165, 1.54) is 0 Å². The van der Waals surface area contributed by atoms with Gasteiger partial charge < -0.3 is 21.1 Å². The van der Waals surface area contributed by atoms with Gasteiger partial charge in [-0.25, -0.2) is 4.79 Å². The minimum Gasteiger partial charge on any atom is -0.496 e. The summed E-state index contributed by atoms with van der Waals surface area (Å²) in [5, 5.41) is 6.43. The van der Waals surface area contributed by atoms with Crippen LogP contribution in [0, 0.1) is 0 Å². The molecule has 2 aromatic rings. The first-order chi connectivity index (χ1) is 10.1. The lowest BCUT2D eigenvalue weighted by atomic mass is 10.2. The number of rotatable bonds is 5. The molecular weight excluding hydrogens is 290 g/mol. The maximum Gasteiger partial charge on any atom is 0.316 e. The molecule has 2 aromatic carbocycles. The number of nitrogens with one attached hydrogen (secondary N) is 2. The van der Waals surface area contributed by atoms with Crippen molar-refractivity contribution in [3.8, 4) is 5.75 Å². The second-order valence-electron chi connectivity index (χ2n) is 4.38. The number of carbonyl (C=O) groups excluding carboxylic acids is 1. The van der Waals surface area contributed by atoms with Gasteiger partial charge in [0.1, 0.15) is 5.75 Å². The Morgan fingerprint density at radius 2 is 1.86 bits per heavy atom. The first-order valence-electron chi connectivity index (χ1n) is 6.31. The summed E-state index contributed by atoms with van der Waals surface area (Å²) in [6.07, 6.45) is 0. The van der Waals surface area contributed by atoms with Gasteiger partial charge in [-0.2, -0.15) is 0 Å². The lowest BCUT2D eigenvalue weighted by Gasteiger charge is -2.11. The highest BCUT2D eigenvalue weighted by Crippen LogP contribution is 2.24. The van der Waals surface area contributed by atoms with Crippen molar-refractivity contribution in [2.45, 2.75) is 6.54 Å². The predicted octanol–water partition coefficient (Wildman–Crippen LogP) is 3.45. The van der Waals surface area contributed by atoms with Crippen molar-refractivity contribution < 1.29 is 9.53 Å². The van der Waals surface area contributed by atoms with Crippen LogP contribution in [-0.2, 0) is 6.54 Å². The van der Waals surface area contributed by atoms with Crippen LogP contribution in [0.25, 0.3) is 0 Å². The lowest BCUT2D eigenvalue weighted by molar-refractivity contribution is 0.259. The molecule has 0 aliphatic carbocycles. The third kappa shape index (κ3) is 4.29. The number of amides is 2. The van der Waals surface area contributed by atoms with Crippen molar-refractivity contribution in [1.29, 1.82) is 0 Å². The van der Waals surface area contributed by atoms with Gasteiger partial charge in [-0.1, -0.05) is 11.6 Å². The van der Waals surface area contributed by atoms with Crippen LogP contribution >= 0.6 is 11.6 Å². The number of hydrogen-bond donors (Lipinski definition) is 3. The summed E-state index contributed by atoms with van der Waals surface area (Å²) in [7, 11) is 1.62. The molecule has 0 atom stereocenters. The Morgan fingerprint density at radius 3 is 2.48 bits per heavy atom. The monoisotopic (exact) mass is 305 g/mol. The number of anilines is 2. The third-order valence-electron chi connectivity index (χ3n) is 2.88. The minimum atomic E-state index is -0.584. The number of primary amides is 1. The maximum absolute atomic E-state index is 10.7. The summed E-state index contributed by atoms with van der Waals surface area (Å²) in [4.78, 5) is 10.7. The van der Waals surface area contributed by atoms with E-state index in [1.54, 1.807) is 25.3 Å². The number of benzene rings is 2. The third-order valence-corrected chi connectivity index (χ3v) is 3.11. The Balaban J connectivity index is 2.03. The topological polar surface area (TPSA) is 76.4 Å². The minimum absolute atomic E-state index is 0.576. The van der Waals surface area contributed by atoms with Crippen molar-refractivity contribution in [2.24, 2.45) is 5.73 Å². The number of carbonyl (C=O) groups is 1. The Kier molecular flexibility index (Phi) is 4.90. The van der Waals surface area contributed by atoms with Gasteiger partial charge >= 0.3 is 6.03 Å². The normalized spacial score (nSPS) is 10.0. The van der Waals surface area contributed by atoms with Gasteiger partial charge in [-0.15, -0.1) is 0 Å². The first kappa shape index (κ1) is 15.0. The van der Waals surface area contributed by atoms with Crippen molar-refractivity contribution in [1.82, 2.24) is 0 Å². The van der Waals surface area contributed by atoms with Crippen LogP contribution in [0.5, 0.6) is 5.75 Å². The van der Waals surface area contributed by atoms with Crippen molar-refractivity contribution in [3.05, 3.63) is 53.1 Å². The maximum atomic E-state index is 10.7. The van der Waals surface area contributed by atoms with E-state index >= 15 is 0 Å². The van der Waals surface area contributed by atoms with Gasteiger partial charge in [0.25, 0.3) is 0 Å². The SMILES string of the molecule is COc1ccc(Cl)cc1CNc1ccc(NC(N)=O)cc1. The van der Waals surface area contributed by atoms with Crippen molar-refractivity contribution >= 4 is 29.0 Å². The number of hydrogen-bond acceptors (Lipinski definition) is 3. The summed E-state index contributed by atoms with van der Waals surface area (Å²) < 4.78 is 5.29. The van der Waals surface area contributed by atoms with Crippen LogP contribution in [0.4, 0.5) is 16.2 Å². The molecule has 0 heterocycles. The molecule has 0 bridgehead atoms. The van der Waals surface area contributed by atoms with Crippen molar-refractivity contribution in [2.75, 3.05) is 17.7 Å². The predicted molar refractivity (Wildman–Crippen MR) is 85.0 cm³/mol. The molecule has 0 saturated carbocycles.